The van der Waals surface area contributed by atoms with Gasteiger partial charge in [0, 0.05) is 12.8 Å². The van der Waals surface area contributed by atoms with Gasteiger partial charge < -0.3 is 0 Å². The average Bonchev–Trinajstić information content (AvgIpc) is 2.36. The lowest BCUT2D eigenvalue weighted by atomic mass is 9.84. The highest BCUT2D eigenvalue weighted by Gasteiger charge is 2.14. The van der Waals surface area contributed by atoms with E-state index in [2.05, 4.69) is 41.5 Å². The number of rotatable bonds is 12. The Morgan fingerprint density at radius 3 is 1.62 bits per heavy atom. The second-order valence-electron chi connectivity index (χ2n) is 8.74. The maximum absolute atomic E-state index is 11.8. The van der Waals surface area contributed by atoms with E-state index in [1.54, 1.807) is 0 Å². The smallest absolute Gasteiger partial charge is 0.132 e. The molecule has 1 heteroatoms. The van der Waals surface area contributed by atoms with Crippen LogP contribution in [-0.4, -0.2) is 5.78 Å². The molecule has 1 nitrogen and oxygen atoms in total. The lowest BCUT2D eigenvalue weighted by molar-refractivity contribution is -0.119. The number of carbonyl (C=O) groups excluding carboxylic acids is 1. The van der Waals surface area contributed by atoms with Crippen molar-refractivity contribution in [3.8, 4) is 0 Å². The first kappa shape index (κ1) is 20.7. The monoisotopic (exact) mass is 296 g/mol. The number of unbranched alkanes of at least 4 members (excludes halogenated alkanes) is 4. The van der Waals surface area contributed by atoms with Gasteiger partial charge in [0.2, 0.25) is 0 Å². The summed E-state index contributed by atoms with van der Waals surface area (Å²) in [4.78, 5) is 11.8. The van der Waals surface area contributed by atoms with Gasteiger partial charge in [0.05, 0.1) is 0 Å². The molecule has 0 unspecified atom stereocenters. The Labute approximate surface area is 134 Å². The molecule has 0 atom stereocenters. The lowest BCUT2D eigenvalue weighted by Crippen LogP contribution is -2.09. The quantitative estimate of drug-likeness (QED) is 0.356. The number of ketones is 1. The third-order valence-electron chi connectivity index (χ3n) is 4.65. The fourth-order valence-electron chi connectivity index (χ4n) is 2.56. The number of Topliss-reactive ketones (excluding diaryl/α,β-unsaturated/α-hetero) is 1. The van der Waals surface area contributed by atoms with Crippen LogP contribution < -0.4 is 0 Å². The van der Waals surface area contributed by atoms with Crippen LogP contribution in [0.15, 0.2) is 0 Å². The molecule has 0 radical (unpaired) electrons. The van der Waals surface area contributed by atoms with Crippen molar-refractivity contribution in [3.05, 3.63) is 0 Å². The lowest BCUT2D eigenvalue weighted by Gasteiger charge is -2.22. The SMILES string of the molecule is CCC(C)(C)CCCCCC(=O)CCCCCC(C)(C)C. The first-order valence-electron chi connectivity index (χ1n) is 9.18. The van der Waals surface area contributed by atoms with Crippen LogP contribution in [0.4, 0.5) is 0 Å². The van der Waals surface area contributed by atoms with Crippen LogP contribution in [0.3, 0.4) is 0 Å². The van der Waals surface area contributed by atoms with Crippen molar-refractivity contribution in [1.82, 2.24) is 0 Å². The molecule has 0 bridgehead atoms. The van der Waals surface area contributed by atoms with Gasteiger partial charge in [-0.3, -0.25) is 4.79 Å². The minimum absolute atomic E-state index is 0.441. The topological polar surface area (TPSA) is 17.1 Å². The molecule has 0 aliphatic heterocycles. The second-order valence-corrected chi connectivity index (χ2v) is 8.74. The third kappa shape index (κ3) is 14.4. The summed E-state index contributed by atoms with van der Waals surface area (Å²) in [5.74, 6) is 0.487. The van der Waals surface area contributed by atoms with E-state index in [4.69, 9.17) is 0 Å². The number of hydrogen-bond acceptors (Lipinski definition) is 1. The van der Waals surface area contributed by atoms with Crippen molar-refractivity contribution in [2.75, 3.05) is 0 Å². The standard InChI is InChI=1S/C20H40O/c1-7-20(5,6)17-13-9-11-15-18(21)14-10-8-12-16-19(2,3)4/h7-17H2,1-6H3. The molecule has 0 spiro atoms. The van der Waals surface area contributed by atoms with E-state index in [1.807, 2.05) is 0 Å². The zero-order valence-electron chi connectivity index (χ0n) is 15.7. The van der Waals surface area contributed by atoms with Crippen molar-refractivity contribution >= 4 is 5.78 Å². The fourth-order valence-corrected chi connectivity index (χ4v) is 2.56. The highest BCUT2D eigenvalue weighted by Crippen LogP contribution is 2.27. The Bertz CT molecular complexity index is 270. The Morgan fingerprint density at radius 1 is 0.714 bits per heavy atom. The Balaban J connectivity index is 3.43. The minimum atomic E-state index is 0.441. The molecule has 0 aliphatic carbocycles. The molecule has 0 aromatic carbocycles. The first-order chi connectivity index (χ1) is 9.66. The summed E-state index contributed by atoms with van der Waals surface area (Å²) >= 11 is 0. The number of hydrogen-bond donors (Lipinski definition) is 0. The normalized spacial score (nSPS) is 12.7. The molecule has 0 saturated carbocycles. The summed E-state index contributed by atoms with van der Waals surface area (Å²) in [7, 11) is 0. The predicted molar refractivity (Wildman–Crippen MR) is 94.7 cm³/mol. The zero-order chi connectivity index (χ0) is 16.4. The molecular weight excluding hydrogens is 256 g/mol. The average molecular weight is 297 g/mol. The molecule has 0 rings (SSSR count). The highest BCUT2D eigenvalue weighted by molar-refractivity contribution is 5.78. The molecule has 0 saturated heterocycles. The van der Waals surface area contributed by atoms with E-state index in [0.717, 1.165) is 25.7 Å². The Morgan fingerprint density at radius 2 is 1.19 bits per heavy atom. The second kappa shape index (κ2) is 10.4. The van der Waals surface area contributed by atoms with Crippen LogP contribution in [0.2, 0.25) is 0 Å². The van der Waals surface area contributed by atoms with E-state index in [1.165, 1.54) is 44.9 Å². The van der Waals surface area contributed by atoms with Gasteiger partial charge in [-0.1, -0.05) is 73.6 Å². The molecule has 0 fully saturated rings. The van der Waals surface area contributed by atoms with Crippen molar-refractivity contribution in [1.29, 1.82) is 0 Å². The molecule has 0 heterocycles. The van der Waals surface area contributed by atoms with Gasteiger partial charge in [-0.05, 0) is 36.5 Å². The van der Waals surface area contributed by atoms with Gasteiger partial charge in [-0.2, -0.15) is 0 Å². The zero-order valence-corrected chi connectivity index (χ0v) is 15.7. The molecule has 21 heavy (non-hydrogen) atoms. The maximum Gasteiger partial charge on any atom is 0.132 e. The van der Waals surface area contributed by atoms with E-state index >= 15 is 0 Å². The van der Waals surface area contributed by atoms with Gasteiger partial charge in [0.1, 0.15) is 5.78 Å². The summed E-state index contributed by atoms with van der Waals surface area (Å²) < 4.78 is 0. The molecule has 0 N–H and O–H groups in total. The van der Waals surface area contributed by atoms with Crippen LogP contribution >= 0.6 is 0 Å². The fraction of sp³-hybridized carbons (Fsp3) is 0.950. The van der Waals surface area contributed by atoms with E-state index < -0.39 is 0 Å². The van der Waals surface area contributed by atoms with E-state index in [0.29, 0.717) is 16.6 Å². The molecule has 0 aliphatic rings. The van der Waals surface area contributed by atoms with Crippen LogP contribution in [0, 0.1) is 10.8 Å². The Kier molecular flexibility index (Phi) is 10.2. The van der Waals surface area contributed by atoms with Crippen LogP contribution in [0.5, 0.6) is 0 Å². The predicted octanol–water partition coefficient (Wildman–Crippen LogP) is 6.94. The summed E-state index contributed by atoms with van der Waals surface area (Å²) in [6.45, 7) is 13.8. The largest absolute Gasteiger partial charge is 0.300 e. The molecule has 0 amide bonds. The van der Waals surface area contributed by atoms with Gasteiger partial charge in [-0.25, -0.2) is 0 Å². The van der Waals surface area contributed by atoms with Crippen LogP contribution in [0.25, 0.3) is 0 Å². The molecule has 0 aromatic heterocycles. The van der Waals surface area contributed by atoms with E-state index in [9.17, 15) is 4.79 Å². The van der Waals surface area contributed by atoms with E-state index in [-0.39, 0.29) is 0 Å². The third-order valence-corrected chi connectivity index (χ3v) is 4.65. The minimum Gasteiger partial charge on any atom is -0.300 e. The summed E-state index contributed by atoms with van der Waals surface area (Å²) in [6, 6.07) is 0. The summed E-state index contributed by atoms with van der Waals surface area (Å²) in [6.07, 6.45) is 12.6. The molecule has 0 aromatic rings. The van der Waals surface area contributed by atoms with Crippen molar-refractivity contribution < 1.29 is 4.79 Å². The van der Waals surface area contributed by atoms with Crippen molar-refractivity contribution in [2.45, 2.75) is 112 Å². The van der Waals surface area contributed by atoms with Gasteiger partial charge in [0.25, 0.3) is 0 Å². The van der Waals surface area contributed by atoms with Crippen molar-refractivity contribution in [2.24, 2.45) is 10.8 Å². The molecule has 126 valence electrons. The van der Waals surface area contributed by atoms with Crippen LogP contribution in [0.1, 0.15) is 112 Å². The van der Waals surface area contributed by atoms with Gasteiger partial charge in [-0.15, -0.1) is 0 Å². The van der Waals surface area contributed by atoms with Gasteiger partial charge in [0.15, 0.2) is 0 Å². The van der Waals surface area contributed by atoms with Crippen molar-refractivity contribution in [3.63, 3.8) is 0 Å². The Hall–Kier alpha value is -0.330. The summed E-state index contributed by atoms with van der Waals surface area (Å²) in [5.41, 5.74) is 0.924. The molecular formula is C20H40O. The highest BCUT2D eigenvalue weighted by atomic mass is 16.1. The number of carbonyl (C=O) groups is 1. The van der Waals surface area contributed by atoms with Gasteiger partial charge >= 0.3 is 0 Å². The van der Waals surface area contributed by atoms with Crippen LogP contribution in [-0.2, 0) is 4.79 Å². The first-order valence-corrected chi connectivity index (χ1v) is 9.18. The summed E-state index contributed by atoms with van der Waals surface area (Å²) in [5, 5.41) is 0. The maximum atomic E-state index is 11.8.